The molecule has 0 amide bonds. The number of hydrogen-bond donors (Lipinski definition) is 0. The van der Waals surface area contributed by atoms with Crippen molar-refractivity contribution >= 4 is 12.1 Å². The van der Waals surface area contributed by atoms with Crippen molar-refractivity contribution in [2.75, 3.05) is 0 Å². The number of Topliss-reactive ketones (excluding diaryl/α,β-unsaturated/α-hetero) is 1. The SMILES string of the molecule is CCCCCCCCCCCCCCCCCC(=O)C(C=O)CCCCCCCCCCCCCC. The summed E-state index contributed by atoms with van der Waals surface area (Å²) in [6.45, 7) is 4.55. The third kappa shape index (κ3) is 26.4. The minimum absolute atomic E-state index is 0.197. The summed E-state index contributed by atoms with van der Waals surface area (Å²) in [5.74, 6) is -0.137. The molecule has 1 unspecified atom stereocenters. The Morgan fingerprint density at radius 3 is 1.03 bits per heavy atom. The lowest BCUT2D eigenvalue weighted by atomic mass is 9.94. The topological polar surface area (TPSA) is 34.1 Å². The summed E-state index contributed by atoms with van der Waals surface area (Å²) >= 11 is 0. The maximum Gasteiger partial charge on any atom is 0.143 e. The van der Waals surface area contributed by atoms with E-state index in [1.54, 1.807) is 0 Å². The van der Waals surface area contributed by atoms with Crippen LogP contribution in [-0.2, 0) is 9.59 Å². The third-order valence-corrected chi connectivity index (χ3v) is 7.97. The molecular formula is C34H66O2. The predicted octanol–water partition coefficient (Wildman–Crippen LogP) is 11.7. The van der Waals surface area contributed by atoms with Gasteiger partial charge in [-0.1, -0.05) is 181 Å². The van der Waals surface area contributed by atoms with Crippen LogP contribution >= 0.6 is 0 Å². The van der Waals surface area contributed by atoms with Crippen LogP contribution in [-0.4, -0.2) is 12.1 Å². The summed E-state index contributed by atoms with van der Waals surface area (Å²) in [5, 5.41) is 0. The first-order valence-electron chi connectivity index (χ1n) is 16.7. The van der Waals surface area contributed by atoms with Gasteiger partial charge in [-0.2, -0.15) is 0 Å². The van der Waals surface area contributed by atoms with Gasteiger partial charge < -0.3 is 4.79 Å². The highest BCUT2D eigenvalue weighted by Crippen LogP contribution is 2.17. The smallest absolute Gasteiger partial charge is 0.143 e. The number of rotatable bonds is 31. The zero-order chi connectivity index (χ0) is 26.4. The monoisotopic (exact) mass is 507 g/mol. The van der Waals surface area contributed by atoms with Crippen molar-refractivity contribution in [3.63, 3.8) is 0 Å². The van der Waals surface area contributed by atoms with Crippen LogP contribution in [0, 0.1) is 5.92 Å². The molecule has 2 heteroatoms. The first-order chi connectivity index (χ1) is 17.8. The quantitative estimate of drug-likeness (QED) is 0.0532. The van der Waals surface area contributed by atoms with Gasteiger partial charge in [0.1, 0.15) is 12.1 Å². The Hall–Kier alpha value is -0.660. The fourth-order valence-corrected chi connectivity index (χ4v) is 5.37. The van der Waals surface area contributed by atoms with Gasteiger partial charge in [-0.3, -0.25) is 4.79 Å². The highest BCUT2D eigenvalue weighted by Gasteiger charge is 2.16. The van der Waals surface area contributed by atoms with Crippen molar-refractivity contribution in [1.82, 2.24) is 0 Å². The molecule has 0 bridgehead atoms. The van der Waals surface area contributed by atoms with Crippen LogP contribution in [0.5, 0.6) is 0 Å². The zero-order valence-electron chi connectivity index (χ0n) is 25.0. The van der Waals surface area contributed by atoms with Crippen molar-refractivity contribution in [2.45, 2.75) is 200 Å². The largest absolute Gasteiger partial charge is 0.303 e. The van der Waals surface area contributed by atoms with Gasteiger partial charge in [0.25, 0.3) is 0 Å². The van der Waals surface area contributed by atoms with E-state index in [4.69, 9.17) is 0 Å². The number of ketones is 1. The van der Waals surface area contributed by atoms with E-state index in [1.807, 2.05) is 0 Å². The molecule has 214 valence electrons. The number of aldehydes is 1. The maximum atomic E-state index is 12.4. The van der Waals surface area contributed by atoms with Crippen molar-refractivity contribution in [3.8, 4) is 0 Å². The molecule has 0 saturated heterocycles. The lowest BCUT2D eigenvalue weighted by Gasteiger charge is -2.09. The number of carbonyl (C=O) groups excluding carboxylic acids is 2. The standard InChI is InChI=1S/C34H66O2/c1-3-5-7-9-11-13-15-17-18-19-21-23-25-27-29-31-34(36)33(32-35)30-28-26-24-22-20-16-14-12-10-8-6-4-2/h32-33H,3-31H2,1-2H3. The molecule has 36 heavy (non-hydrogen) atoms. The molecule has 0 fully saturated rings. The minimum atomic E-state index is -0.334. The molecule has 1 atom stereocenters. The molecule has 0 N–H and O–H groups in total. The Morgan fingerprint density at radius 2 is 0.722 bits per heavy atom. The summed E-state index contributed by atoms with van der Waals surface area (Å²) in [5.41, 5.74) is 0. The van der Waals surface area contributed by atoms with Gasteiger partial charge in [0, 0.05) is 6.42 Å². The molecule has 0 aliphatic rings. The molecule has 0 heterocycles. The van der Waals surface area contributed by atoms with Crippen molar-refractivity contribution < 1.29 is 9.59 Å². The van der Waals surface area contributed by atoms with Crippen molar-refractivity contribution in [2.24, 2.45) is 5.92 Å². The second kappa shape index (κ2) is 30.6. The van der Waals surface area contributed by atoms with E-state index >= 15 is 0 Å². The van der Waals surface area contributed by atoms with Gasteiger partial charge in [-0.15, -0.1) is 0 Å². The van der Waals surface area contributed by atoms with E-state index < -0.39 is 0 Å². The van der Waals surface area contributed by atoms with E-state index in [1.165, 1.54) is 154 Å². The average Bonchev–Trinajstić information content (AvgIpc) is 2.89. The normalized spacial score (nSPS) is 12.2. The van der Waals surface area contributed by atoms with Gasteiger partial charge in [0.15, 0.2) is 0 Å². The molecule has 0 aromatic rings. The maximum absolute atomic E-state index is 12.4. The van der Waals surface area contributed by atoms with Gasteiger partial charge in [0.05, 0.1) is 5.92 Å². The summed E-state index contributed by atoms with van der Waals surface area (Å²) in [6.07, 6.45) is 38.3. The van der Waals surface area contributed by atoms with Crippen LogP contribution in [0.4, 0.5) is 0 Å². The highest BCUT2D eigenvalue weighted by molar-refractivity contribution is 5.93. The van der Waals surface area contributed by atoms with E-state index in [0.29, 0.717) is 6.42 Å². The minimum Gasteiger partial charge on any atom is -0.303 e. The highest BCUT2D eigenvalue weighted by atomic mass is 16.1. The number of hydrogen-bond acceptors (Lipinski definition) is 2. The van der Waals surface area contributed by atoms with E-state index in [9.17, 15) is 9.59 Å². The molecule has 0 aliphatic heterocycles. The van der Waals surface area contributed by atoms with Crippen LogP contribution in [0.1, 0.15) is 200 Å². The molecule has 0 spiro atoms. The Balaban J connectivity index is 3.41. The van der Waals surface area contributed by atoms with Gasteiger partial charge in [-0.05, 0) is 12.8 Å². The lowest BCUT2D eigenvalue weighted by molar-refractivity contribution is -0.127. The first-order valence-corrected chi connectivity index (χ1v) is 16.7. The molecule has 2 nitrogen and oxygen atoms in total. The predicted molar refractivity (Wildman–Crippen MR) is 160 cm³/mol. The van der Waals surface area contributed by atoms with Crippen LogP contribution in [0.3, 0.4) is 0 Å². The van der Waals surface area contributed by atoms with Crippen LogP contribution in [0.15, 0.2) is 0 Å². The van der Waals surface area contributed by atoms with E-state index in [2.05, 4.69) is 13.8 Å². The molecule has 0 aliphatic carbocycles. The zero-order valence-corrected chi connectivity index (χ0v) is 25.0. The Labute approximate surface area is 227 Å². The second-order valence-corrected chi connectivity index (χ2v) is 11.6. The van der Waals surface area contributed by atoms with Gasteiger partial charge in [-0.25, -0.2) is 0 Å². The third-order valence-electron chi connectivity index (χ3n) is 7.97. The lowest BCUT2D eigenvalue weighted by Crippen LogP contribution is -2.15. The van der Waals surface area contributed by atoms with Gasteiger partial charge >= 0.3 is 0 Å². The Bertz CT molecular complexity index is 444. The molecule has 0 aromatic carbocycles. The average molecular weight is 507 g/mol. The molecule has 0 aromatic heterocycles. The number of carbonyl (C=O) groups is 2. The van der Waals surface area contributed by atoms with Gasteiger partial charge in [0.2, 0.25) is 0 Å². The summed E-state index contributed by atoms with van der Waals surface area (Å²) in [7, 11) is 0. The second-order valence-electron chi connectivity index (χ2n) is 11.6. The fourth-order valence-electron chi connectivity index (χ4n) is 5.37. The van der Waals surface area contributed by atoms with Crippen molar-refractivity contribution in [3.05, 3.63) is 0 Å². The molecule has 0 radical (unpaired) electrons. The Kier molecular flexibility index (Phi) is 30.0. The number of unbranched alkanes of at least 4 members (excludes halogenated alkanes) is 25. The van der Waals surface area contributed by atoms with Crippen molar-refractivity contribution in [1.29, 1.82) is 0 Å². The van der Waals surface area contributed by atoms with Crippen LogP contribution in [0.25, 0.3) is 0 Å². The van der Waals surface area contributed by atoms with Crippen LogP contribution < -0.4 is 0 Å². The fraction of sp³-hybridized carbons (Fsp3) is 0.941. The summed E-state index contributed by atoms with van der Waals surface area (Å²) in [6, 6.07) is 0. The molecule has 0 saturated carbocycles. The van der Waals surface area contributed by atoms with E-state index in [-0.39, 0.29) is 11.7 Å². The van der Waals surface area contributed by atoms with E-state index in [0.717, 1.165) is 32.0 Å². The Morgan fingerprint density at radius 1 is 0.444 bits per heavy atom. The van der Waals surface area contributed by atoms with Crippen LogP contribution in [0.2, 0.25) is 0 Å². The molecular weight excluding hydrogens is 440 g/mol. The first kappa shape index (κ1) is 35.3. The summed E-state index contributed by atoms with van der Waals surface area (Å²) in [4.78, 5) is 23.8. The molecule has 0 rings (SSSR count). The summed E-state index contributed by atoms with van der Waals surface area (Å²) < 4.78 is 0.